The standard InChI is InChI=1S/C29H38F2N4O3S/c30-20-8-6-19(7-9-20)26(29-13-18(14-29)15-29)27(32)28(36)34-25-5-1-4-24(31)23(25)11-10-22-16-33-21-3-2-12-39(37,38)35(22)17-21/h1,4-9,18,21-22,26-27,33,37-38H,2-3,10-17,32H2,(H,34,36)/t18?,21?,22?,26-,27+,29?/m1/s1. The Labute approximate surface area is 230 Å². The number of halogens is 2. The quantitative estimate of drug-likeness (QED) is 0.316. The highest BCUT2D eigenvalue weighted by atomic mass is 32.3. The number of rotatable bonds is 8. The van der Waals surface area contributed by atoms with Crippen LogP contribution in [-0.2, 0) is 11.2 Å². The minimum Gasteiger partial charge on any atom is -0.324 e. The number of nitrogens with one attached hydrogen (secondary N) is 2. The number of anilines is 1. The van der Waals surface area contributed by atoms with Crippen LogP contribution in [0, 0.1) is 23.0 Å². The highest BCUT2D eigenvalue weighted by Gasteiger charge is 2.62. The van der Waals surface area contributed by atoms with Crippen molar-refractivity contribution in [1.29, 1.82) is 0 Å². The first kappa shape index (κ1) is 27.1. The van der Waals surface area contributed by atoms with Gasteiger partial charge in [0.1, 0.15) is 11.6 Å². The number of benzene rings is 2. The van der Waals surface area contributed by atoms with Gasteiger partial charge in [-0.1, -0.05) is 18.2 Å². The second kappa shape index (κ2) is 10.4. The summed E-state index contributed by atoms with van der Waals surface area (Å²) in [6.45, 7) is 1.17. The van der Waals surface area contributed by atoms with Crippen LogP contribution in [0.15, 0.2) is 42.5 Å². The third-order valence-electron chi connectivity index (χ3n) is 9.54. The number of nitrogens with zero attached hydrogens (tertiary/aromatic N) is 1. The fraction of sp³-hybridized carbons (Fsp3) is 0.552. The highest BCUT2D eigenvalue weighted by molar-refractivity contribution is 8.22. The molecule has 3 saturated carbocycles. The van der Waals surface area contributed by atoms with E-state index in [1.165, 1.54) is 18.2 Å². The lowest BCUT2D eigenvalue weighted by molar-refractivity contribution is -0.141. The molecule has 2 aromatic rings. The minimum absolute atomic E-state index is 0.0353. The number of piperazine rings is 1. The molecule has 5 fully saturated rings. The van der Waals surface area contributed by atoms with E-state index in [0.717, 1.165) is 37.7 Å². The number of carbonyl (C=O) groups is 1. The molecule has 5 aliphatic rings. The lowest BCUT2D eigenvalue weighted by atomic mass is 9.38. The van der Waals surface area contributed by atoms with E-state index in [-0.39, 0.29) is 35.1 Å². The van der Waals surface area contributed by atoms with Crippen LogP contribution in [0.25, 0.3) is 0 Å². The van der Waals surface area contributed by atoms with Crippen molar-refractivity contribution in [2.24, 2.45) is 17.1 Å². The van der Waals surface area contributed by atoms with Crippen molar-refractivity contribution in [2.75, 3.05) is 24.2 Å². The Morgan fingerprint density at radius 3 is 2.62 bits per heavy atom. The molecule has 0 spiro atoms. The van der Waals surface area contributed by atoms with Crippen LogP contribution in [0.4, 0.5) is 14.5 Å². The minimum atomic E-state index is -2.85. The Morgan fingerprint density at radius 1 is 1.18 bits per heavy atom. The highest BCUT2D eigenvalue weighted by Crippen LogP contribution is 2.70. The van der Waals surface area contributed by atoms with E-state index < -0.39 is 22.6 Å². The summed E-state index contributed by atoms with van der Waals surface area (Å²) in [5.74, 6) is -0.329. The lowest BCUT2D eigenvalue weighted by Crippen LogP contribution is -2.60. The van der Waals surface area contributed by atoms with Gasteiger partial charge in [0.25, 0.3) is 0 Å². The number of amides is 1. The fourth-order valence-corrected chi connectivity index (χ4v) is 9.28. The number of fused-ring (bicyclic) bond motifs is 2. The van der Waals surface area contributed by atoms with Gasteiger partial charge in [0, 0.05) is 42.3 Å². The Kier molecular flexibility index (Phi) is 7.22. The maximum atomic E-state index is 15.1. The summed E-state index contributed by atoms with van der Waals surface area (Å²) in [5, 5.41) is 6.40. The maximum absolute atomic E-state index is 15.1. The zero-order valence-electron chi connectivity index (χ0n) is 22.0. The molecule has 212 valence electrons. The zero-order chi connectivity index (χ0) is 27.4. The number of hydrogen-bond donors (Lipinski definition) is 5. The molecule has 1 amide bonds. The van der Waals surface area contributed by atoms with E-state index in [4.69, 9.17) is 5.73 Å². The van der Waals surface area contributed by atoms with Crippen molar-refractivity contribution in [3.63, 3.8) is 0 Å². The molecule has 7 nitrogen and oxygen atoms in total. The molecule has 10 heteroatoms. The Balaban J connectivity index is 1.18. The summed E-state index contributed by atoms with van der Waals surface area (Å²) in [4.78, 5) is 13.5. The Morgan fingerprint density at radius 2 is 1.92 bits per heavy atom. The van der Waals surface area contributed by atoms with E-state index in [9.17, 15) is 18.3 Å². The first-order valence-corrected chi connectivity index (χ1v) is 15.7. The van der Waals surface area contributed by atoms with Gasteiger partial charge in [-0.3, -0.25) is 13.9 Å². The lowest BCUT2D eigenvalue weighted by Gasteiger charge is -2.66. The molecule has 0 radical (unpaired) electrons. The van der Waals surface area contributed by atoms with Crippen molar-refractivity contribution >= 4 is 22.4 Å². The average Bonchev–Trinajstić information content (AvgIpc) is 2.97. The molecule has 4 bridgehead atoms. The van der Waals surface area contributed by atoms with Crippen molar-refractivity contribution in [2.45, 2.75) is 69.0 Å². The smallest absolute Gasteiger partial charge is 0.241 e. The van der Waals surface area contributed by atoms with Gasteiger partial charge in [-0.2, -0.15) is 0 Å². The van der Waals surface area contributed by atoms with Gasteiger partial charge in [0.05, 0.1) is 11.8 Å². The van der Waals surface area contributed by atoms with Crippen molar-refractivity contribution in [1.82, 2.24) is 9.62 Å². The molecule has 7 rings (SSSR count). The molecule has 3 aliphatic carbocycles. The topological polar surface area (TPSA) is 111 Å². The fourth-order valence-electron chi connectivity index (χ4n) is 7.42. The van der Waals surface area contributed by atoms with E-state index >= 15 is 4.39 Å². The number of hydrogen-bond acceptors (Lipinski definition) is 6. The van der Waals surface area contributed by atoms with Crippen LogP contribution in [0.2, 0.25) is 0 Å². The molecular weight excluding hydrogens is 522 g/mol. The molecule has 2 aliphatic heterocycles. The first-order chi connectivity index (χ1) is 18.6. The van der Waals surface area contributed by atoms with Crippen molar-refractivity contribution < 1.29 is 22.7 Å². The zero-order valence-corrected chi connectivity index (χ0v) is 22.8. The van der Waals surface area contributed by atoms with Crippen LogP contribution < -0.4 is 16.4 Å². The predicted molar refractivity (Wildman–Crippen MR) is 149 cm³/mol. The number of carbonyl (C=O) groups excluding carboxylic acids is 1. The van der Waals surface area contributed by atoms with E-state index in [2.05, 4.69) is 10.6 Å². The van der Waals surface area contributed by atoms with Gasteiger partial charge in [0.15, 0.2) is 0 Å². The second-order valence-electron chi connectivity index (χ2n) is 12.0. The van der Waals surface area contributed by atoms with Crippen LogP contribution >= 0.6 is 10.8 Å². The Hall–Kier alpha value is -2.08. The van der Waals surface area contributed by atoms with Crippen molar-refractivity contribution in [3.05, 3.63) is 65.2 Å². The largest absolute Gasteiger partial charge is 0.324 e. The summed E-state index contributed by atoms with van der Waals surface area (Å²) in [6, 6.07) is 10.1. The molecule has 5 atom stereocenters. The maximum Gasteiger partial charge on any atom is 0.241 e. The molecule has 3 unspecified atom stereocenters. The first-order valence-electron chi connectivity index (χ1n) is 14.0. The van der Waals surface area contributed by atoms with Gasteiger partial charge >= 0.3 is 0 Å². The molecule has 2 aromatic carbocycles. The van der Waals surface area contributed by atoms with Gasteiger partial charge in [-0.05, 0) is 86.1 Å². The molecule has 6 N–H and O–H groups in total. The summed E-state index contributed by atoms with van der Waals surface area (Å²) in [5.41, 5.74) is 8.20. The Bertz CT molecular complexity index is 1210. The third-order valence-corrected chi connectivity index (χ3v) is 11.6. The summed E-state index contributed by atoms with van der Waals surface area (Å²) >= 11 is 0. The van der Waals surface area contributed by atoms with Gasteiger partial charge in [0.2, 0.25) is 5.91 Å². The van der Waals surface area contributed by atoms with Crippen LogP contribution in [0.5, 0.6) is 0 Å². The van der Waals surface area contributed by atoms with Crippen LogP contribution in [0.3, 0.4) is 0 Å². The second-order valence-corrected chi connectivity index (χ2v) is 14.2. The van der Waals surface area contributed by atoms with Gasteiger partial charge < -0.3 is 16.4 Å². The molecule has 0 aromatic heterocycles. The third kappa shape index (κ3) is 5.11. The van der Waals surface area contributed by atoms with E-state index in [1.807, 2.05) is 4.31 Å². The molecule has 2 saturated heterocycles. The van der Waals surface area contributed by atoms with Crippen LogP contribution in [-0.4, -0.2) is 56.3 Å². The molecule has 39 heavy (non-hydrogen) atoms. The molecular formula is C29H38F2N4O3S. The predicted octanol–water partition coefficient (Wildman–Crippen LogP) is 4.85. The number of nitrogens with two attached hydrogens (primary N) is 1. The average molecular weight is 561 g/mol. The van der Waals surface area contributed by atoms with Crippen molar-refractivity contribution in [3.8, 4) is 0 Å². The van der Waals surface area contributed by atoms with Gasteiger partial charge in [-0.25, -0.2) is 13.1 Å². The summed E-state index contributed by atoms with van der Waals surface area (Å²) < 4.78 is 52.1. The normalized spacial score (nSPS) is 33.1. The van der Waals surface area contributed by atoms with E-state index in [1.54, 1.807) is 24.3 Å². The van der Waals surface area contributed by atoms with Gasteiger partial charge in [-0.15, -0.1) is 10.8 Å². The summed E-state index contributed by atoms with van der Waals surface area (Å²) in [7, 11) is -2.85. The van der Waals surface area contributed by atoms with E-state index in [0.29, 0.717) is 48.9 Å². The summed E-state index contributed by atoms with van der Waals surface area (Å²) in [6.07, 6.45) is 5.56. The monoisotopic (exact) mass is 560 g/mol. The van der Waals surface area contributed by atoms with Crippen LogP contribution in [0.1, 0.15) is 55.6 Å². The molecule has 2 heterocycles. The SMILES string of the molecule is N[C@H](C(=O)Nc1cccc(F)c1CCC1CNC2CCCS(O)(O)N1C2)[C@@H](c1ccc(F)cc1)C12CC(C1)C2.